The SMILES string of the molecule is CCOCCS(=O)(=O)NCC(C)C(N)=NO. The first-order chi connectivity index (χ1) is 7.43. The Morgan fingerprint density at radius 3 is 2.75 bits per heavy atom. The fourth-order valence-electron chi connectivity index (χ4n) is 0.840. The number of hydrogen-bond donors (Lipinski definition) is 3. The van der Waals surface area contributed by atoms with Gasteiger partial charge in [0.25, 0.3) is 0 Å². The van der Waals surface area contributed by atoms with Gasteiger partial charge >= 0.3 is 0 Å². The minimum absolute atomic E-state index is 0.00694. The Labute approximate surface area is 95.7 Å². The standard InChI is InChI=1S/C8H19N3O4S/c1-3-15-4-5-16(13,14)10-6-7(2)8(9)11-12/h7,10,12H,3-6H2,1-2H3,(H2,9,11). The van der Waals surface area contributed by atoms with Crippen molar-refractivity contribution in [2.45, 2.75) is 13.8 Å². The molecule has 8 heteroatoms. The lowest BCUT2D eigenvalue weighted by Gasteiger charge is -2.11. The summed E-state index contributed by atoms with van der Waals surface area (Å²) in [7, 11) is -3.36. The molecule has 0 aromatic heterocycles. The molecule has 0 aliphatic carbocycles. The Hall–Kier alpha value is -0.860. The van der Waals surface area contributed by atoms with Crippen LogP contribution < -0.4 is 10.5 Å². The van der Waals surface area contributed by atoms with E-state index in [1.54, 1.807) is 13.8 Å². The molecule has 0 aliphatic heterocycles. The molecule has 96 valence electrons. The van der Waals surface area contributed by atoms with Crippen LogP contribution in [0, 0.1) is 5.92 Å². The molecule has 0 spiro atoms. The molecule has 1 unspecified atom stereocenters. The maximum absolute atomic E-state index is 11.4. The summed E-state index contributed by atoms with van der Waals surface area (Å²) in [6, 6.07) is 0. The van der Waals surface area contributed by atoms with E-state index in [2.05, 4.69) is 9.88 Å². The van der Waals surface area contributed by atoms with Gasteiger partial charge in [-0.2, -0.15) is 0 Å². The quantitative estimate of drug-likeness (QED) is 0.174. The number of amidine groups is 1. The summed E-state index contributed by atoms with van der Waals surface area (Å²) >= 11 is 0. The smallest absolute Gasteiger partial charge is 0.213 e. The molecule has 0 saturated heterocycles. The average Bonchev–Trinajstić information content (AvgIpc) is 2.25. The summed E-state index contributed by atoms with van der Waals surface area (Å²) in [6.45, 7) is 4.19. The third-order valence-electron chi connectivity index (χ3n) is 1.93. The van der Waals surface area contributed by atoms with Crippen molar-refractivity contribution in [3.05, 3.63) is 0 Å². The monoisotopic (exact) mass is 253 g/mol. The number of nitrogens with one attached hydrogen (secondary N) is 1. The topological polar surface area (TPSA) is 114 Å². The van der Waals surface area contributed by atoms with Gasteiger partial charge in [-0.1, -0.05) is 12.1 Å². The lowest BCUT2D eigenvalue weighted by Crippen LogP contribution is -2.36. The van der Waals surface area contributed by atoms with Crippen LogP contribution in [0.4, 0.5) is 0 Å². The zero-order chi connectivity index (χ0) is 12.6. The predicted molar refractivity (Wildman–Crippen MR) is 60.9 cm³/mol. The molecule has 16 heavy (non-hydrogen) atoms. The minimum atomic E-state index is -3.36. The second-order valence-electron chi connectivity index (χ2n) is 3.29. The van der Waals surface area contributed by atoms with E-state index in [1.807, 2.05) is 0 Å². The van der Waals surface area contributed by atoms with Crippen LogP contribution in [0.25, 0.3) is 0 Å². The van der Waals surface area contributed by atoms with Gasteiger partial charge in [-0.25, -0.2) is 13.1 Å². The van der Waals surface area contributed by atoms with Crippen molar-refractivity contribution in [3.63, 3.8) is 0 Å². The van der Waals surface area contributed by atoms with Crippen molar-refractivity contribution in [2.24, 2.45) is 16.8 Å². The number of oxime groups is 1. The van der Waals surface area contributed by atoms with Crippen LogP contribution >= 0.6 is 0 Å². The highest BCUT2D eigenvalue weighted by Crippen LogP contribution is 1.94. The molecular weight excluding hydrogens is 234 g/mol. The highest BCUT2D eigenvalue weighted by atomic mass is 32.2. The second kappa shape index (κ2) is 7.42. The molecule has 1 atom stereocenters. The van der Waals surface area contributed by atoms with Crippen LogP contribution in [0.5, 0.6) is 0 Å². The van der Waals surface area contributed by atoms with Gasteiger partial charge in [0, 0.05) is 19.1 Å². The number of ether oxygens (including phenoxy) is 1. The molecule has 0 rings (SSSR count). The maximum atomic E-state index is 11.4. The summed E-state index contributed by atoms with van der Waals surface area (Å²) in [5, 5.41) is 11.2. The number of nitrogens with zero attached hydrogens (tertiary/aromatic N) is 1. The summed E-state index contributed by atoms with van der Waals surface area (Å²) in [4.78, 5) is 0. The number of hydrogen-bond acceptors (Lipinski definition) is 5. The fourth-order valence-corrected chi connectivity index (χ4v) is 1.83. The van der Waals surface area contributed by atoms with E-state index in [1.165, 1.54) is 0 Å². The van der Waals surface area contributed by atoms with Gasteiger partial charge < -0.3 is 15.7 Å². The lowest BCUT2D eigenvalue weighted by atomic mass is 10.2. The van der Waals surface area contributed by atoms with Gasteiger partial charge in [-0.15, -0.1) is 0 Å². The molecule has 0 aromatic carbocycles. The van der Waals surface area contributed by atoms with E-state index in [9.17, 15) is 8.42 Å². The summed E-state index contributed by atoms with van der Waals surface area (Å²) in [6.07, 6.45) is 0. The van der Waals surface area contributed by atoms with Gasteiger partial charge in [0.05, 0.1) is 12.4 Å². The highest BCUT2D eigenvalue weighted by Gasteiger charge is 2.14. The van der Waals surface area contributed by atoms with Gasteiger partial charge in [0.1, 0.15) is 5.84 Å². The maximum Gasteiger partial charge on any atom is 0.213 e. The van der Waals surface area contributed by atoms with Gasteiger partial charge in [-0.3, -0.25) is 0 Å². The van der Waals surface area contributed by atoms with E-state index in [4.69, 9.17) is 15.7 Å². The first-order valence-electron chi connectivity index (χ1n) is 4.95. The molecular formula is C8H19N3O4S. The normalized spacial score (nSPS) is 15.0. The number of nitrogens with two attached hydrogens (primary N) is 1. The Morgan fingerprint density at radius 2 is 2.25 bits per heavy atom. The number of rotatable bonds is 8. The first kappa shape index (κ1) is 15.1. The molecule has 0 aromatic rings. The van der Waals surface area contributed by atoms with E-state index in [0.29, 0.717) is 6.61 Å². The zero-order valence-electron chi connectivity index (χ0n) is 9.51. The molecule has 0 saturated carbocycles. The molecule has 7 nitrogen and oxygen atoms in total. The Balaban J connectivity index is 3.99. The Kier molecular flexibility index (Phi) is 7.02. The second-order valence-corrected chi connectivity index (χ2v) is 5.22. The van der Waals surface area contributed by atoms with Crippen LogP contribution in [0.2, 0.25) is 0 Å². The van der Waals surface area contributed by atoms with Crippen molar-refractivity contribution in [1.29, 1.82) is 0 Å². The fraction of sp³-hybridized carbons (Fsp3) is 0.875. The molecule has 0 aliphatic rings. The van der Waals surface area contributed by atoms with Crippen LogP contribution in [-0.2, 0) is 14.8 Å². The molecule has 0 radical (unpaired) electrons. The molecule has 4 N–H and O–H groups in total. The molecule has 0 amide bonds. The third kappa shape index (κ3) is 6.59. The Bertz CT molecular complexity index is 315. The predicted octanol–water partition coefficient (Wildman–Crippen LogP) is -0.675. The summed E-state index contributed by atoms with van der Waals surface area (Å²) < 4.78 is 30.1. The van der Waals surface area contributed by atoms with Crippen LogP contribution in [0.3, 0.4) is 0 Å². The van der Waals surface area contributed by atoms with E-state index < -0.39 is 10.0 Å². The molecule has 0 heterocycles. The largest absolute Gasteiger partial charge is 0.409 e. The van der Waals surface area contributed by atoms with Gasteiger partial charge in [0.2, 0.25) is 10.0 Å². The van der Waals surface area contributed by atoms with E-state index >= 15 is 0 Å². The van der Waals surface area contributed by atoms with Crippen molar-refractivity contribution in [2.75, 3.05) is 25.5 Å². The van der Waals surface area contributed by atoms with Crippen LogP contribution in [-0.4, -0.2) is 45.0 Å². The van der Waals surface area contributed by atoms with Crippen molar-refractivity contribution < 1.29 is 18.4 Å². The van der Waals surface area contributed by atoms with Crippen LogP contribution in [0.1, 0.15) is 13.8 Å². The summed E-state index contributed by atoms with van der Waals surface area (Å²) in [5.74, 6) is -0.455. The zero-order valence-corrected chi connectivity index (χ0v) is 10.3. The van der Waals surface area contributed by atoms with E-state index in [0.717, 1.165) is 0 Å². The van der Waals surface area contributed by atoms with Gasteiger partial charge in [0.15, 0.2) is 0 Å². The average molecular weight is 253 g/mol. The molecule has 0 bridgehead atoms. The van der Waals surface area contributed by atoms with Crippen molar-refractivity contribution in [1.82, 2.24) is 4.72 Å². The highest BCUT2D eigenvalue weighted by molar-refractivity contribution is 7.89. The van der Waals surface area contributed by atoms with Crippen LogP contribution in [0.15, 0.2) is 5.16 Å². The minimum Gasteiger partial charge on any atom is -0.409 e. The Morgan fingerprint density at radius 1 is 1.62 bits per heavy atom. The van der Waals surface area contributed by atoms with E-state index in [-0.39, 0.29) is 30.7 Å². The third-order valence-corrected chi connectivity index (χ3v) is 3.24. The summed E-state index contributed by atoms with van der Waals surface area (Å²) in [5.41, 5.74) is 5.31. The van der Waals surface area contributed by atoms with Crippen molar-refractivity contribution >= 4 is 15.9 Å². The lowest BCUT2D eigenvalue weighted by molar-refractivity contribution is 0.163. The van der Waals surface area contributed by atoms with Gasteiger partial charge in [-0.05, 0) is 6.92 Å². The van der Waals surface area contributed by atoms with Crippen molar-refractivity contribution in [3.8, 4) is 0 Å². The molecule has 0 fully saturated rings. The number of sulfonamides is 1. The first-order valence-corrected chi connectivity index (χ1v) is 6.60.